The Bertz CT molecular complexity index is 1230. The van der Waals surface area contributed by atoms with E-state index in [1.54, 1.807) is 30.9 Å². The van der Waals surface area contributed by atoms with Crippen LogP contribution in [0.4, 0.5) is 4.39 Å². The van der Waals surface area contributed by atoms with E-state index in [1.165, 1.54) is 27.8 Å². The van der Waals surface area contributed by atoms with Gasteiger partial charge in [-0.25, -0.2) is 12.8 Å². The number of thiophene rings is 1. The van der Waals surface area contributed by atoms with Crippen LogP contribution in [0.5, 0.6) is 0 Å². The molecule has 8 heteroatoms. The van der Waals surface area contributed by atoms with Crippen molar-refractivity contribution in [3.05, 3.63) is 86.9 Å². The molecule has 3 rings (SSSR count). The highest BCUT2D eigenvalue weighted by atomic mass is 32.2. The maximum Gasteiger partial charge on any atom is 0.244 e. The number of carbonyl (C=O) groups is 1. The van der Waals surface area contributed by atoms with Crippen molar-refractivity contribution < 1.29 is 17.6 Å². The van der Waals surface area contributed by atoms with E-state index in [1.807, 2.05) is 50.4 Å². The van der Waals surface area contributed by atoms with Crippen molar-refractivity contribution in [1.29, 1.82) is 0 Å². The summed E-state index contributed by atoms with van der Waals surface area (Å²) in [6, 6.07) is 13.2. The molecule has 1 heterocycles. The highest BCUT2D eigenvalue weighted by Gasteiger charge is 2.34. The third-order valence-electron chi connectivity index (χ3n) is 6.11. The molecule has 0 fully saturated rings. The van der Waals surface area contributed by atoms with Crippen molar-refractivity contribution in [3.63, 3.8) is 0 Å². The Labute approximate surface area is 212 Å². The lowest BCUT2D eigenvalue weighted by Crippen LogP contribution is -2.46. The second-order valence-electron chi connectivity index (χ2n) is 8.99. The van der Waals surface area contributed by atoms with E-state index >= 15 is 0 Å². The Balaban J connectivity index is 1.95. The second kappa shape index (κ2) is 11.5. The van der Waals surface area contributed by atoms with E-state index in [0.29, 0.717) is 24.1 Å². The number of halogens is 1. The maximum atomic E-state index is 13.9. The van der Waals surface area contributed by atoms with Crippen LogP contribution in [0.15, 0.2) is 58.8 Å². The largest absolute Gasteiger partial charge is 0.332 e. The monoisotopic (exact) mass is 516 g/mol. The van der Waals surface area contributed by atoms with Gasteiger partial charge in [0.25, 0.3) is 0 Å². The van der Waals surface area contributed by atoms with Gasteiger partial charge < -0.3 is 4.90 Å². The lowest BCUT2D eigenvalue weighted by molar-refractivity contribution is -0.133. The average Bonchev–Trinajstić information content (AvgIpc) is 3.30. The molecule has 0 spiro atoms. The summed E-state index contributed by atoms with van der Waals surface area (Å²) in [5.41, 5.74) is 3.11. The minimum absolute atomic E-state index is 0.258. The highest BCUT2D eigenvalue weighted by molar-refractivity contribution is 7.89. The average molecular weight is 517 g/mol. The third kappa shape index (κ3) is 6.57. The Morgan fingerprint density at radius 1 is 1.03 bits per heavy atom. The molecule has 0 saturated heterocycles. The van der Waals surface area contributed by atoms with Gasteiger partial charge in [-0.15, -0.1) is 11.3 Å². The molecule has 0 bridgehead atoms. The fourth-order valence-corrected chi connectivity index (χ4v) is 7.03. The summed E-state index contributed by atoms with van der Waals surface area (Å²) in [5, 5.41) is 1.94. The van der Waals surface area contributed by atoms with E-state index < -0.39 is 10.0 Å². The molecule has 1 atom stereocenters. The Hall–Kier alpha value is -2.55. The SMILES string of the molecule is CC[C@H](C)N(CC(=O)N(Cc1ccc(F)cc1)Cc1cccs1)S(=O)(=O)c1c(C)cc(C)cc1C. The Kier molecular flexibility index (Phi) is 8.85. The molecular formula is C27H33FN2O3S2. The standard InChI is InChI=1S/C27H33FN2O3S2/c1-6-22(5)30(35(32,33)27-20(3)14-19(2)15-21(27)4)18-26(31)29(17-25-8-7-13-34-25)16-23-9-11-24(28)12-10-23/h7-15,22H,6,16-18H2,1-5H3/t22-/m0/s1. The fraction of sp³-hybridized carbons (Fsp3) is 0.370. The molecule has 0 aliphatic carbocycles. The quantitative estimate of drug-likeness (QED) is 0.341. The van der Waals surface area contributed by atoms with Crippen molar-refractivity contribution in [1.82, 2.24) is 9.21 Å². The summed E-state index contributed by atoms with van der Waals surface area (Å²) in [5.74, 6) is -0.642. The van der Waals surface area contributed by atoms with Gasteiger partial charge in [0.05, 0.1) is 18.0 Å². The molecule has 0 aliphatic rings. The smallest absolute Gasteiger partial charge is 0.244 e. The van der Waals surface area contributed by atoms with E-state index in [4.69, 9.17) is 0 Å². The molecule has 1 aromatic heterocycles. The van der Waals surface area contributed by atoms with Crippen LogP contribution in [0, 0.1) is 26.6 Å². The number of hydrogen-bond donors (Lipinski definition) is 0. The molecule has 0 unspecified atom stereocenters. The zero-order chi connectivity index (χ0) is 25.8. The molecule has 0 saturated carbocycles. The summed E-state index contributed by atoms with van der Waals surface area (Å²) in [6.45, 7) is 9.60. The first-order valence-electron chi connectivity index (χ1n) is 11.7. The molecule has 3 aromatic rings. The molecule has 1 amide bonds. The summed E-state index contributed by atoms with van der Waals surface area (Å²) in [4.78, 5) is 16.5. The van der Waals surface area contributed by atoms with E-state index in [0.717, 1.165) is 16.0 Å². The van der Waals surface area contributed by atoms with Gasteiger partial charge in [-0.3, -0.25) is 4.79 Å². The number of aryl methyl sites for hydroxylation is 3. The van der Waals surface area contributed by atoms with Crippen molar-refractivity contribution in [2.45, 2.75) is 65.1 Å². The van der Waals surface area contributed by atoms with Crippen LogP contribution in [-0.2, 0) is 27.9 Å². The predicted octanol–water partition coefficient (Wildman–Crippen LogP) is 5.83. The molecule has 0 aliphatic heterocycles. The number of sulfonamides is 1. The van der Waals surface area contributed by atoms with Crippen LogP contribution >= 0.6 is 11.3 Å². The van der Waals surface area contributed by atoms with Gasteiger partial charge in [-0.2, -0.15) is 4.31 Å². The van der Waals surface area contributed by atoms with E-state index in [2.05, 4.69) is 0 Å². The number of carbonyl (C=O) groups excluding carboxylic acids is 1. The predicted molar refractivity (Wildman–Crippen MR) is 139 cm³/mol. The minimum atomic E-state index is -3.92. The van der Waals surface area contributed by atoms with Crippen LogP contribution in [0.25, 0.3) is 0 Å². The molecule has 5 nitrogen and oxygen atoms in total. The number of rotatable bonds is 10. The molecule has 35 heavy (non-hydrogen) atoms. The van der Waals surface area contributed by atoms with Gasteiger partial charge in [0.2, 0.25) is 15.9 Å². The lowest BCUT2D eigenvalue weighted by atomic mass is 10.1. The molecule has 0 radical (unpaired) electrons. The third-order valence-corrected chi connectivity index (χ3v) is 9.24. The number of amides is 1. The molecular weight excluding hydrogens is 483 g/mol. The van der Waals surface area contributed by atoms with Gasteiger partial charge in [0.1, 0.15) is 5.82 Å². The van der Waals surface area contributed by atoms with E-state index in [-0.39, 0.29) is 35.8 Å². The lowest BCUT2D eigenvalue weighted by Gasteiger charge is -2.31. The van der Waals surface area contributed by atoms with Gasteiger partial charge in [-0.05, 0) is 74.4 Å². The number of benzene rings is 2. The summed E-state index contributed by atoms with van der Waals surface area (Å²) in [7, 11) is -3.92. The Morgan fingerprint density at radius 3 is 2.20 bits per heavy atom. The van der Waals surface area contributed by atoms with Crippen molar-refractivity contribution >= 4 is 27.3 Å². The molecule has 188 valence electrons. The Morgan fingerprint density at radius 2 is 1.66 bits per heavy atom. The summed E-state index contributed by atoms with van der Waals surface area (Å²) < 4.78 is 42.5. The van der Waals surface area contributed by atoms with Gasteiger partial charge in [-0.1, -0.05) is 42.8 Å². The van der Waals surface area contributed by atoms with Crippen LogP contribution < -0.4 is 0 Å². The second-order valence-corrected chi connectivity index (χ2v) is 11.9. The van der Waals surface area contributed by atoms with E-state index in [9.17, 15) is 17.6 Å². The van der Waals surface area contributed by atoms with Gasteiger partial charge in [0, 0.05) is 17.5 Å². The fourth-order valence-electron chi connectivity index (χ4n) is 4.24. The molecule has 0 N–H and O–H groups in total. The van der Waals surface area contributed by atoms with Crippen molar-refractivity contribution in [2.75, 3.05) is 6.54 Å². The highest BCUT2D eigenvalue weighted by Crippen LogP contribution is 2.28. The van der Waals surface area contributed by atoms with Gasteiger partial charge in [0.15, 0.2) is 0 Å². The minimum Gasteiger partial charge on any atom is -0.332 e. The number of hydrogen-bond acceptors (Lipinski definition) is 4. The van der Waals surface area contributed by atoms with Crippen molar-refractivity contribution in [2.24, 2.45) is 0 Å². The van der Waals surface area contributed by atoms with Crippen LogP contribution in [-0.4, -0.2) is 36.1 Å². The normalized spacial score (nSPS) is 12.7. The van der Waals surface area contributed by atoms with Crippen LogP contribution in [0.1, 0.15) is 47.4 Å². The number of nitrogens with zero attached hydrogens (tertiary/aromatic N) is 2. The van der Waals surface area contributed by atoms with Gasteiger partial charge >= 0.3 is 0 Å². The summed E-state index contributed by atoms with van der Waals surface area (Å²) >= 11 is 1.53. The zero-order valence-electron chi connectivity index (χ0n) is 20.9. The molecule has 2 aromatic carbocycles. The van der Waals surface area contributed by atoms with Crippen molar-refractivity contribution in [3.8, 4) is 0 Å². The topological polar surface area (TPSA) is 57.7 Å². The van der Waals surface area contributed by atoms with Crippen LogP contribution in [0.2, 0.25) is 0 Å². The first kappa shape index (κ1) is 27.0. The maximum absolute atomic E-state index is 13.9. The first-order chi connectivity index (χ1) is 16.5. The summed E-state index contributed by atoms with van der Waals surface area (Å²) in [6.07, 6.45) is 0.569. The van der Waals surface area contributed by atoms with Crippen LogP contribution in [0.3, 0.4) is 0 Å². The first-order valence-corrected chi connectivity index (χ1v) is 14.0. The zero-order valence-corrected chi connectivity index (χ0v) is 22.5.